The van der Waals surface area contributed by atoms with Crippen molar-refractivity contribution in [1.82, 2.24) is 9.80 Å². The second-order valence-electron chi connectivity index (χ2n) is 4.99. The quantitative estimate of drug-likeness (QED) is 0.785. The molecule has 2 rings (SSSR count). The Morgan fingerprint density at radius 3 is 2.68 bits per heavy atom. The summed E-state index contributed by atoms with van der Waals surface area (Å²) < 4.78 is 0. The van der Waals surface area contributed by atoms with Crippen molar-refractivity contribution in [3.05, 3.63) is 0 Å². The van der Waals surface area contributed by atoms with E-state index in [1.54, 1.807) is 4.90 Å². The minimum absolute atomic E-state index is 0.0511. The molecule has 0 saturated carbocycles. The topological polar surface area (TPSA) is 81.1 Å². The number of aliphatic hydroxyl groups is 1. The van der Waals surface area contributed by atoms with Crippen LogP contribution in [-0.2, 0) is 4.79 Å². The minimum atomic E-state index is -0.950. The lowest BCUT2D eigenvalue weighted by atomic mass is 10.1. The Balaban J connectivity index is 2.09. The van der Waals surface area contributed by atoms with Gasteiger partial charge in [-0.1, -0.05) is 12.8 Å². The monoisotopic (exact) mass is 288 g/mol. The van der Waals surface area contributed by atoms with Crippen LogP contribution in [0.4, 0.5) is 4.79 Å². The molecule has 6 nitrogen and oxygen atoms in total. The number of aliphatic carboxylic acids is 1. The van der Waals surface area contributed by atoms with Crippen molar-refractivity contribution >= 4 is 23.8 Å². The van der Waals surface area contributed by atoms with E-state index in [0.29, 0.717) is 18.2 Å². The van der Waals surface area contributed by atoms with Gasteiger partial charge in [0.15, 0.2) is 0 Å². The lowest BCUT2D eigenvalue weighted by molar-refractivity contribution is -0.141. The van der Waals surface area contributed by atoms with Crippen LogP contribution in [0, 0.1) is 0 Å². The van der Waals surface area contributed by atoms with Gasteiger partial charge in [-0.25, -0.2) is 9.59 Å². The van der Waals surface area contributed by atoms with Crippen LogP contribution in [-0.4, -0.2) is 68.9 Å². The number of aliphatic hydroxyl groups excluding tert-OH is 1. The zero-order valence-corrected chi connectivity index (χ0v) is 11.6. The Bertz CT molecular complexity index is 353. The Labute approximate surface area is 116 Å². The second kappa shape index (κ2) is 6.47. The molecule has 2 fully saturated rings. The van der Waals surface area contributed by atoms with E-state index in [2.05, 4.69) is 0 Å². The number of carboxylic acid groups (broad SMARTS) is 1. The van der Waals surface area contributed by atoms with Crippen LogP contribution in [0.15, 0.2) is 0 Å². The van der Waals surface area contributed by atoms with Gasteiger partial charge in [-0.3, -0.25) is 0 Å². The first-order valence-corrected chi connectivity index (χ1v) is 7.79. The van der Waals surface area contributed by atoms with Crippen molar-refractivity contribution < 1.29 is 19.8 Å². The minimum Gasteiger partial charge on any atom is -0.480 e. The molecule has 2 N–H and O–H groups in total. The van der Waals surface area contributed by atoms with Crippen LogP contribution < -0.4 is 0 Å². The average Bonchev–Trinajstić information content (AvgIpc) is 2.76. The molecule has 2 amide bonds. The van der Waals surface area contributed by atoms with Crippen LogP contribution >= 0.6 is 11.8 Å². The number of rotatable bonds is 2. The highest BCUT2D eigenvalue weighted by atomic mass is 32.2. The first kappa shape index (κ1) is 14.5. The van der Waals surface area contributed by atoms with Gasteiger partial charge in [0.05, 0.1) is 18.5 Å². The van der Waals surface area contributed by atoms with Crippen molar-refractivity contribution in [2.24, 2.45) is 0 Å². The zero-order chi connectivity index (χ0) is 13.8. The van der Waals surface area contributed by atoms with Crippen molar-refractivity contribution in [3.63, 3.8) is 0 Å². The van der Waals surface area contributed by atoms with Gasteiger partial charge in [-0.15, -0.1) is 11.8 Å². The van der Waals surface area contributed by atoms with E-state index in [1.165, 1.54) is 16.7 Å². The fraction of sp³-hybridized carbons (Fsp3) is 0.833. The summed E-state index contributed by atoms with van der Waals surface area (Å²) in [6, 6.07) is -1.14. The van der Waals surface area contributed by atoms with E-state index in [4.69, 9.17) is 5.11 Å². The van der Waals surface area contributed by atoms with Gasteiger partial charge >= 0.3 is 12.0 Å². The normalized spacial score (nSPS) is 28.3. The van der Waals surface area contributed by atoms with Crippen molar-refractivity contribution in [2.45, 2.75) is 37.8 Å². The summed E-state index contributed by atoms with van der Waals surface area (Å²) in [5.74, 6) is -0.0860. The average molecular weight is 288 g/mol. The predicted octanol–water partition coefficient (Wildman–Crippen LogP) is 0.803. The number of carbonyl (C=O) groups excluding carboxylic acids is 1. The van der Waals surface area contributed by atoms with Crippen LogP contribution in [0.1, 0.15) is 25.7 Å². The zero-order valence-electron chi connectivity index (χ0n) is 10.8. The van der Waals surface area contributed by atoms with E-state index in [-0.39, 0.29) is 18.7 Å². The maximum absolute atomic E-state index is 12.5. The number of urea groups is 1. The van der Waals surface area contributed by atoms with Crippen LogP contribution in [0.25, 0.3) is 0 Å². The third kappa shape index (κ3) is 3.14. The Hall–Kier alpha value is -0.950. The molecule has 0 aromatic heterocycles. The highest BCUT2D eigenvalue weighted by Crippen LogP contribution is 2.25. The molecule has 2 aliphatic heterocycles. The maximum atomic E-state index is 12.5. The molecule has 0 radical (unpaired) electrons. The first-order valence-electron chi connectivity index (χ1n) is 6.63. The molecule has 2 atom stereocenters. The molecular formula is C12H20N2O4S. The van der Waals surface area contributed by atoms with E-state index >= 15 is 0 Å². The van der Waals surface area contributed by atoms with E-state index in [0.717, 1.165) is 25.7 Å². The Kier molecular flexibility index (Phi) is 4.93. The van der Waals surface area contributed by atoms with E-state index < -0.39 is 12.0 Å². The fourth-order valence-electron chi connectivity index (χ4n) is 2.62. The third-order valence-corrected chi connectivity index (χ3v) is 4.76. The smallest absolute Gasteiger partial charge is 0.327 e. The second-order valence-corrected chi connectivity index (χ2v) is 5.99. The van der Waals surface area contributed by atoms with Gasteiger partial charge in [0, 0.05) is 12.3 Å². The first-order chi connectivity index (χ1) is 9.15. The molecule has 2 aliphatic rings. The summed E-state index contributed by atoms with van der Waals surface area (Å²) in [6.07, 6.45) is 3.77. The van der Waals surface area contributed by atoms with Gasteiger partial charge in [-0.05, 0) is 12.8 Å². The summed E-state index contributed by atoms with van der Waals surface area (Å²) in [6.45, 7) is 0.558. The number of carbonyl (C=O) groups is 2. The molecule has 0 bridgehead atoms. The molecule has 0 aliphatic carbocycles. The number of carboxylic acids is 1. The molecule has 19 heavy (non-hydrogen) atoms. The summed E-state index contributed by atoms with van der Waals surface area (Å²) in [5.41, 5.74) is 0. The molecule has 2 unspecified atom stereocenters. The Morgan fingerprint density at radius 1 is 1.21 bits per heavy atom. The Morgan fingerprint density at radius 2 is 2.00 bits per heavy atom. The third-order valence-electron chi connectivity index (χ3n) is 3.75. The molecule has 108 valence electrons. The molecule has 2 heterocycles. The number of nitrogens with zero attached hydrogens (tertiary/aromatic N) is 2. The lowest BCUT2D eigenvalue weighted by Gasteiger charge is -2.33. The lowest BCUT2D eigenvalue weighted by Crippen LogP contribution is -2.52. The van der Waals surface area contributed by atoms with Crippen LogP contribution in [0.5, 0.6) is 0 Å². The van der Waals surface area contributed by atoms with Gasteiger partial charge in [0.1, 0.15) is 6.04 Å². The number of likely N-dealkylation sites (tertiary alicyclic amines) is 1. The highest BCUT2D eigenvalue weighted by Gasteiger charge is 2.38. The van der Waals surface area contributed by atoms with Crippen LogP contribution in [0.3, 0.4) is 0 Å². The SMILES string of the molecule is O=C(O)C1CSCN1C(=O)N1CCCCCC1CO. The molecular weight excluding hydrogens is 268 g/mol. The maximum Gasteiger partial charge on any atom is 0.327 e. The van der Waals surface area contributed by atoms with Crippen molar-refractivity contribution in [2.75, 3.05) is 24.8 Å². The number of thioether (sulfide) groups is 1. The molecule has 0 aromatic carbocycles. The number of hydrogen-bond donors (Lipinski definition) is 2. The summed E-state index contributed by atoms with van der Waals surface area (Å²) >= 11 is 1.46. The van der Waals surface area contributed by atoms with Gasteiger partial charge in [0.2, 0.25) is 0 Å². The molecule has 7 heteroatoms. The van der Waals surface area contributed by atoms with Crippen molar-refractivity contribution in [3.8, 4) is 0 Å². The standard InChI is InChI=1S/C12H20N2O4S/c15-6-9-4-2-1-3-5-13(9)12(18)14-8-19-7-10(14)11(16)17/h9-10,15H,1-8H2,(H,16,17). The number of hydrogen-bond acceptors (Lipinski definition) is 4. The van der Waals surface area contributed by atoms with Gasteiger partial charge in [0.25, 0.3) is 0 Å². The van der Waals surface area contributed by atoms with E-state index in [9.17, 15) is 14.7 Å². The van der Waals surface area contributed by atoms with Crippen molar-refractivity contribution in [1.29, 1.82) is 0 Å². The molecule has 0 spiro atoms. The van der Waals surface area contributed by atoms with E-state index in [1.807, 2.05) is 0 Å². The predicted molar refractivity (Wildman–Crippen MR) is 72.0 cm³/mol. The largest absolute Gasteiger partial charge is 0.480 e. The summed E-state index contributed by atoms with van der Waals surface area (Å²) in [4.78, 5) is 26.7. The molecule has 0 aromatic rings. The van der Waals surface area contributed by atoms with Gasteiger partial charge < -0.3 is 20.0 Å². The molecule has 2 saturated heterocycles. The number of amides is 2. The summed E-state index contributed by atoms with van der Waals surface area (Å²) in [7, 11) is 0. The highest BCUT2D eigenvalue weighted by molar-refractivity contribution is 7.99. The van der Waals surface area contributed by atoms with Crippen LogP contribution in [0.2, 0.25) is 0 Å². The fourth-order valence-corrected chi connectivity index (χ4v) is 3.76. The van der Waals surface area contributed by atoms with Gasteiger partial charge in [-0.2, -0.15) is 0 Å². The summed E-state index contributed by atoms with van der Waals surface area (Å²) in [5, 5.41) is 18.6.